The zero-order valence-electron chi connectivity index (χ0n) is 15.9. The maximum atomic E-state index is 12.4. The molecule has 0 aliphatic rings. The molecular formula is C20H24N2O5. The van der Waals surface area contributed by atoms with Crippen LogP contribution in [0.2, 0.25) is 0 Å². The summed E-state index contributed by atoms with van der Waals surface area (Å²) in [6, 6.07) is 10.9. The van der Waals surface area contributed by atoms with Gasteiger partial charge in [-0.1, -0.05) is 29.8 Å². The molecule has 7 heteroatoms. The van der Waals surface area contributed by atoms with Crippen LogP contribution in [0.15, 0.2) is 36.4 Å². The molecule has 0 aliphatic carbocycles. The Labute approximate surface area is 158 Å². The van der Waals surface area contributed by atoms with Crippen molar-refractivity contribution in [2.45, 2.75) is 13.5 Å². The average molecular weight is 372 g/mol. The second-order valence-corrected chi connectivity index (χ2v) is 5.86. The second kappa shape index (κ2) is 9.47. The van der Waals surface area contributed by atoms with E-state index >= 15 is 0 Å². The lowest BCUT2D eigenvalue weighted by atomic mass is 10.1. The third-order valence-corrected chi connectivity index (χ3v) is 3.91. The van der Waals surface area contributed by atoms with Gasteiger partial charge >= 0.3 is 0 Å². The van der Waals surface area contributed by atoms with Crippen LogP contribution in [-0.4, -0.2) is 39.7 Å². The van der Waals surface area contributed by atoms with Crippen molar-refractivity contribution in [3.63, 3.8) is 0 Å². The second-order valence-electron chi connectivity index (χ2n) is 5.86. The molecule has 0 saturated heterocycles. The van der Waals surface area contributed by atoms with E-state index in [2.05, 4.69) is 10.6 Å². The van der Waals surface area contributed by atoms with Crippen LogP contribution < -0.4 is 24.8 Å². The van der Waals surface area contributed by atoms with Gasteiger partial charge in [-0.05, 0) is 24.6 Å². The lowest BCUT2D eigenvalue weighted by Crippen LogP contribution is -2.36. The standard InChI is InChI=1S/C20H24N2O5/c1-13-6-5-7-14(8-13)11-21-18(23)12-22-20(24)15-9-16(25-2)19(27-4)17(10-15)26-3/h5-10H,11-12H2,1-4H3,(H,21,23)(H,22,24). The van der Waals surface area contributed by atoms with Gasteiger partial charge in [-0.2, -0.15) is 0 Å². The molecule has 0 atom stereocenters. The first-order valence-corrected chi connectivity index (χ1v) is 8.39. The maximum absolute atomic E-state index is 12.4. The van der Waals surface area contributed by atoms with Crippen LogP contribution in [0.5, 0.6) is 17.2 Å². The quantitative estimate of drug-likeness (QED) is 0.741. The zero-order valence-corrected chi connectivity index (χ0v) is 15.9. The molecule has 0 spiro atoms. The minimum atomic E-state index is -0.417. The molecule has 0 fully saturated rings. The summed E-state index contributed by atoms with van der Waals surface area (Å²) in [5, 5.41) is 5.36. The number of ether oxygens (including phenoxy) is 3. The maximum Gasteiger partial charge on any atom is 0.251 e. The highest BCUT2D eigenvalue weighted by Gasteiger charge is 2.17. The molecule has 0 unspecified atom stereocenters. The fourth-order valence-corrected chi connectivity index (χ4v) is 2.56. The van der Waals surface area contributed by atoms with Gasteiger partial charge in [-0.15, -0.1) is 0 Å². The minimum Gasteiger partial charge on any atom is -0.493 e. The Kier molecular flexibility index (Phi) is 7.05. The Morgan fingerprint density at radius 1 is 0.926 bits per heavy atom. The molecule has 2 rings (SSSR count). The summed E-state index contributed by atoms with van der Waals surface area (Å²) in [5.74, 6) is 0.432. The third kappa shape index (κ3) is 5.37. The van der Waals surface area contributed by atoms with Crippen molar-refractivity contribution in [1.29, 1.82) is 0 Å². The highest BCUT2D eigenvalue weighted by Crippen LogP contribution is 2.38. The first kappa shape index (κ1) is 20.1. The Hall–Kier alpha value is -3.22. The van der Waals surface area contributed by atoms with Crippen molar-refractivity contribution in [3.8, 4) is 17.2 Å². The molecule has 2 N–H and O–H groups in total. The topological polar surface area (TPSA) is 85.9 Å². The lowest BCUT2D eigenvalue weighted by Gasteiger charge is -2.14. The summed E-state index contributed by atoms with van der Waals surface area (Å²) in [7, 11) is 4.42. The minimum absolute atomic E-state index is 0.138. The Balaban J connectivity index is 1.95. The summed E-state index contributed by atoms with van der Waals surface area (Å²) in [4.78, 5) is 24.3. The van der Waals surface area contributed by atoms with E-state index in [4.69, 9.17) is 14.2 Å². The third-order valence-electron chi connectivity index (χ3n) is 3.91. The van der Waals surface area contributed by atoms with Gasteiger partial charge in [0.15, 0.2) is 11.5 Å². The number of aryl methyl sites for hydroxylation is 1. The van der Waals surface area contributed by atoms with Crippen molar-refractivity contribution in [1.82, 2.24) is 10.6 Å². The van der Waals surface area contributed by atoms with Gasteiger partial charge in [-0.25, -0.2) is 0 Å². The number of methoxy groups -OCH3 is 3. The number of benzene rings is 2. The molecule has 144 valence electrons. The van der Waals surface area contributed by atoms with Gasteiger partial charge in [0.25, 0.3) is 5.91 Å². The van der Waals surface area contributed by atoms with Gasteiger partial charge in [0, 0.05) is 12.1 Å². The van der Waals surface area contributed by atoms with Gasteiger partial charge in [-0.3, -0.25) is 9.59 Å². The first-order valence-electron chi connectivity index (χ1n) is 8.39. The van der Waals surface area contributed by atoms with Gasteiger partial charge in [0.05, 0.1) is 27.9 Å². The summed E-state index contributed by atoms with van der Waals surface area (Å²) < 4.78 is 15.7. The average Bonchev–Trinajstić information content (AvgIpc) is 2.69. The molecule has 2 amide bonds. The smallest absolute Gasteiger partial charge is 0.251 e. The van der Waals surface area contributed by atoms with Crippen LogP contribution in [0, 0.1) is 6.92 Å². The summed E-state index contributed by atoms with van der Waals surface area (Å²) >= 11 is 0. The number of hydrogen-bond donors (Lipinski definition) is 2. The summed E-state index contributed by atoms with van der Waals surface area (Å²) in [5.41, 5.74) is 2.42. The molecule has 0 saturated carbocycles. The number of rotatable bonds is 8. The lowest BCUT2D eigenvalue weighted by molar-refractivity contribution is -0.120. The van der Waals surface area contributed by atoms with Crippen LogP contribution >= 0.6 is 0 Å². The van der Waals surface area contributed by atoms with Crippen molar-refractivity contribution in [3.05, 3.63) is 53.1 Å². The van der Waals surface area contributed by atoms with Crippen LogP contribution in [0.1, 0.15) is 21.5 Å². The van der Waals surface area contributed by atoms with E-state index in [0.29, 0.717) is 29.4 Å². The van der Waals surface area contributed by atoms with E-state index in [-0.39, 0.29) is 12.5 Å². The molecule has 27 heavy (non-hydrogen) atoms. The molecule has 7 nitrogen and oxygen atoms in total. The van der Waals surface area contributed by atoms with Gasteiger partial charge in [0.1, 0.15) is 0 Å². The molecule has 0 bridgehead atoms. The largest absolute Gasteiger partial charge is 0.493 e. The molecule has 2 aromatic carbocycles. The van der Waals surface area contributed by atoms with Crippen LogP contribution in [-0.2, 0) is 11.3 Å². The predicted molar refractivity (Wildman–Crippen MR) is 101 cm³/mol. The zero-order chi connectivity index (χ0) is 19.8. The highest BCUT2D eigenvalue weighted by molar-refractivity contribution is 5.97. The van der Waals surface area contributed by atoms with Crippen LogP contribution in [0.4, 0.5) is 0 Å². The van der Waals surface area contributed by atoms with E-state index in [1.165, 1.54) is 33.5 Å². The Morgan fingerprint density at radius 2 is 1.59 bits per heavy atom. The number of carbonyl (C=O) groups is 2. The SMILES string of the molecule is COc1cc(C(=O)NCC(=O)NCc2cccc(C)c2)cc(OC)c1OC. The fraction of sp³-hybridized carbons (Fsp3) is 0.300. The van der Waals surface area contributed by atoms with Crippen LogP contribution in [0.25, 0.3) is 0 Å². The summed E-state index contributed by atoms with van der Waals surface area (Å²) in [6.07, 6.45) is 0. The van der Waals surface area contributed by atoms with E-state index in [9.17, 15) is 9.59 Å². The molecule has 2 aromatic rings. The van der Waals surface area contributed by atoms with E-state index < -0.39 is 5.91 Å². The fourth-order valence-electron chi connectivity index (χ4n) is 2.56. The van der Waals surface area contributed by atoms with Crippen molar-refractivity contribution in [2.24, 2.45) is 0 Å². The Bertz CT molecular complexity index is 795. The predicted octanol–water partition coefficient (Wildman–Crippen LogP) is 2.07. The Morgan fingerprint density at radius 3 is 2.15 bits per heavy atom. The van der Waals surface area contributed by atoms with Crippen molar-refractivity contribution in [2.75, 3.05) is 27.9 Å². The van der Waals surface area contributed by atoms with Crippen LogP contribution in [0.3, 0.4) is 0 Å². The number of hydrogen-bond acceptors (Lipinski definition) is 5. The molecule has 0 radical (unpaired) electrons. The summed E-state index contributed by atoms with van der Waals surface area (Å²) in [6.45, 7) is 2.25. The van der Waals surface area contributed by atoms with E-state index in [1.54, 1.807) is 0 Å². The highest BCUT2D eigenvalue weighted by atomic mass is 16.5. The first-order chi connectivity index (χ1) is 13.0. The van der Waals surface area contributed by atoms with Crippen molar-refractivity contribution < 1.29 is 23.8 Å². The number of carbonyl (C=O) groups excluding carboxylic acids is 2. The molecule has 0 aromatic heterocycles. The van der Waals surface area contributed by atoms with E-state index in [0.717, 1.165) is 11.1 Å². The molecular weight excluding hydrogens is 348 g/mol. The van der Waals surface area contributed by atoms with Gasteiger partial charge < -0.3 is 24.8 Å². The molecule has 0 heterocycles. The molecule has 0 aliphatic heterocycles. The van der Waals surface area contributed by atoms with E-state index in [1.807, 2.05) is 31.2 Å². The van der Waals surface area contributed by atoms with Gasteiger partial charge in [0.2, 0.25) is 11.7 Å². The number of nitrogens with one attached hydrogen (secondary N) is 2. The number of amides is 2. The monoisotopic (exact) mass is 372 g/mol. The normalized spacial score (nSPS) is 10.1. The van der Waals surface area contributed by atoms with Crippen molar-refractivity contribution >= 4 is 11.8 Å².